The molecule has 4 rings (SSSR count). The van der Waals surface area contributed by atoms with Gasteiger partial charge < -0.3 is 19.9 Å². The summed E-state index contributed by atoms with van der Waals surface area (Å²) in [6.07, 6.45) is 0.218. The number of nitrogens with one attached hydrogen (secondary N) is 1. The van der Waals surface area contributed by atoms with Crippen LogP contribution in [0.3, 0.4) is 0 Å². The zero-order valence-electron chi connectivity index (χ0n) is 18.0. The van der Waals surface area contributed by atoms with Gasteiger partial charge in [0, 0.05) is 45.8 Å². The first-order chi connectivity index (χ1) is 15.1. The van der Waals surface area contributed by atoms with E-state index in [4.69, 9.17) is 4.74 Å². The van der Waals surface area contributed by atoms with Gasteiger partial charge in [-0.3, -0.25) is 14.5 Å². The lowest BCUT2D eigenvalue weighted by Gasteiger charge is -2.37. The second-order valence-electron chi connectivity index (χ2n) is 8.23. The Hall–Kier alpha value is -2.90. The standard InChI is InChI=1S/C24H30N4O3/c1-26-12-14-27(15-13-26)23(29)17-22-24(30)25-10-11-28(22)18-19-6-5-9-21(16-19)31-20-7-3-2-4-8-20/h2-9,16,22H,10-15,17-18H2,1H3,(H,25,30). The molecule has 0 radical (unpaired) electrons. The van der Waals surface area contributed by atoms with E-state index < -0.39 is 6.04 Å². The van der Waals surface area contributed by atoms with Crippen molar-refractivity contribution in [2.24, 2.45) is 0 Å². The Morgan fingerprint density at radius 1 is 1.00 bits per heavy atom. The highest BCUT2D eigenvalue weighted by atomic mass is 16.5. The van der Waals surface area contributed by atoms with Crippen LogP contribution in [0.2, 0.25) is 0 Å². The van der Waals surface area contributed by atoms with Crippen LogP contribution < -0.4 is 10.1 Å². The van der Waals surface area contributed by atoms with Crippen molar-refractivity contribution >= 4 is 11.8 Å². The second kappa shape index (κ2) is 9.94. The van der Waals surface area contributed by atoms with Gasteiger partial charge in [-0.1, -0.05) is 30.3 Å². The van der Waals surface area contributed by atoms with Crippen LogP contribution in [0.15, 0.2) is 54.6 Å². The predicted molar refractivity (Wildman–Crippen MR) is 119 cm³/mol. The molecule has 2 heterocycles. The number of rotatable bonds is 6. The number of para-hydroxylation sites is 1. The lowest BCUT2D eigenvalue weighted by atomic mass is 10.1. The number of amides is 2. The molecule has 2 aliphatic heterocycles. The molecule has 2 aliphatic rings. The van der Waals surface area contributed by atoms with Crippen molar-refractivity contribution in [3.05, 3.63) is 60.2 Å². The SMILES string of the molecule is CN1CCN(C(=O)CC2C(=O)NCCN2Cc2cccc(Oc3ccccc3)c2)CC1. The molecule has 2 aromatic rings. The highest BCUT2D eigenvalue weighted by Crippen LogP contribution is 2.23. The summed E-state index contributed by atoms with van der Waals surface area (Å²) >= 11 is 0. The maximum Gasteiger partial charge on any atom is 0.237 e. The van der Waals surface area contributed by atoms with Crippen molar-refractivity contribution in [3.8, 4) is 11.5 Å². The monoisotopic (exact) mass is 422 g/mol. The van der Waals surface area contributed by atoms with Crippen molar-refractivity contribution < 1.29 is 14.3 Å². The first kappa shape index (κ1) is 21.3. The van der Waals surface area contributed by atoms with E-state index in [-0.39, 0.29) is 18.2 Å². The Bertz CT molecular complexity index is 897. The third-order valence-electron chi connectivity index (χ3n) is 5.93. The van der Waals surface area contributed by atoms with E-state index >= 15 is 0 Å². The zero-order valence-corrected chi connectivity index (χ0v) is 18.0. The minimum atomic E-state index is -0.445. The summed E-state index contributed by atoms with van der Waals surface area (Å²) in [6.45, 7) is 5.11. The molecule has 1 atom stereocenters. The molecule has 7 heteroatoms. The van der Waals surface area contributed by atoms with Crippen LogP contribution in [-0.4, -0.2) is 78.9 Å². The lowest BCUT2D eigenvalue weighted by molar-refractivity contribution is -0.140. The highest BCUT2D eigenvalue weighted by molar-refractivity contribution is 5.88. The topological polar surface area (TPSA) is 65.1 Å². The average Bonchev–Trinajstić information content (AvgIpc) is 2.77. The Balaban J connectivity index is 1.41. The van der Waals surface area contributed by atoms with Crippen molar-refractivity contribution in [1.29, 1.82) is 0 Å². The molecule has 164 valence electrons. The van der Waals surface area contributed by atoms with E-state index in [9.17, 15) is 9.59 Å². The lowest BCUT2D eigenvalue weighted by Crippen LogP contribution is -2.57. The molecule has 0 aliphatic carbocycles. The summed E-state index contributed by atoms with van der Waals surface area (Å²) in [5, 5.41) is 2.92. The quantitative estimate of drug-likeness (QED) is 0.771. The molecule has 0 aromatic heterocycles. The summed E-state index contributed by atoms with van der Waals surface area (Å²) in [7, 11) is 2.06. The molecule has 31 heavy (non-hydrogen) atoms. The van der Waals surface area contributed by atoms with E-state index in [1.54, 1.807) is 0 Å². The number of hydrogen-bond acceptors (Lipinski definition) is 5. The summed E-state index contributed by atoms with van der Waals surface area (Å²) in [5.41, 5.74) is 1.06. The average molecular weight is 423 g/mol. The maximum absolute atomic E-state index is 12.9. The van der Waals surface area contributed by atoms with Gasteiger partial charge in [-0.2, -0.15) is 0 Å². The molecule has 2 saturated heterocycles. The smallest absolute Gasteiger partial charge is 0.237 e. The molecule has 2 amide bonds. The maximum atomic E-state index is 12.9. The summed E-state index contributed by atoms with van der Waals surface area (Å²) in [6, 6.07) is 17.1. The van der Waals surface area contributed by atoms with Crippen LogP contribution >= 0.6 is 0 Å². The zero-order chi connectivity index (χ0) is 21.6. The van der Waals surface area contributed by atoms with Gasteiger partial charge in [0.05, 0.1) is 12.5 Å². The third kappa shape index (κ3) is 5.62. The Kier molecular flexibility index (Phi) is 6.84. The largest absolute Gasteiger partial charge is 0.457 e. The number of carbonyl (C=O) groups excluding carboxylic acids is 2. The van der Waals surface area contributed by atoms with Crippen LogP contribution in [0.25, 0.3) is 0 Å². The Morgan fingerprint density at radius 3 is 2.52 bits per heavy atom. The number of carbonyl (C=O) groups is 2. The fourth-order valence-electron chi connectivity index (χ4n) is 4.09. The third-order valence-corrected chi connectivity index (χ3v) is 5.93. The van der Waals surface area contributed by atoms with Gasteiger partial charge in [-0.05, 0) is 36.9 Å². The van der Waals surface area contributed by atoms with Gasteiger partial charge in [0.25, 0.3) is 0 Å². The minimum Gasteiger partial charge on any atom is -0.457 e. The van der Waals surface area contributed by atoms with E-state index in [1.165, 1.54) is 0 Å². The number of piperazine rings is 2. The molecule has 0 spiro atoms. The van der Waals surface area contributed by atoms with Gasteiger partial charge >= 0.3 is 0 Å². The summed E-state index contributed by atoms with van der Waals surface area (Å²) in [4.78, 5) is 31.7. The minimum absolute atomic E-state index is 0.0568. The van der Waals surface area contributed by atoms with Gasteiger partial charge in [-0.25, -0.2) is 0 Å². The summed E-state index contributed by atoms with van der Waals surface area (Å²) in [5.74, 6) is 1.54. The van der Waals surface area contributed by atoms with Crippen LogP contribution in [0.4, 0.5) is 0 Å². The van der Waals surface area contributed by atoms with Crippen molar-refractivity contribution in [3.63, 3.8) is 0 Å². The molecule has 1 N–H and O–H groups in total. The second-order valence-corrected chi connectivity index (χ2v) is 8.23. The van der Waals surface area contributed by atoms with Crippen LogP contribution in [-0.2, 0) is 16.1 Å². The van der Waals surface area contributed by atoms with Crippen molar-refractivity contribution in [2.45, 2.75) is 19.0 Å². The van der Waals surface area contributed by atoms with Crippen LogP contribution in [0, 0.1) is 0 Å². The first-order valence-corrected chi connectivity index (χ1v) is 10.9. The fraction of sp³-hybridized carbons (Fsp3) is 0.417. The van der Waals surface area contributed by atoms with Gasteiger partial charge in [0.15, 0.2) is 0 Å². The highest BCUT2D eigenvalue weighted by Gasteiger charge is 2.33. The van der Waals surface area contributed by atoms with Crippen molar-refractivity contribution in [1.82, 2.24) is 20.0 Å². The number of nitrogens with zero attached hydrogens (tertiary/aromatic N) is 3. The van der Waals surface area contributed by atoms with Gasteiger partial charge in [0.2, 0.25) is 11.8 Å². The van der Waals surface area contributed by atoms with Gasteiger partial charge in [0.1, 0.15) is 11.5 Å². The van der Waals surface area contributed by atoms with Gasteiger partial charge in [-0.15, -0.1) is 0 Å². The Labute approximate surface area is 183 Å². The number of ether oxygens (including phenoxy) is 1. The molecule has 1 unspecified atom stereocenters. The molecule has 0 bridgehead atoms. The first-order valence-electron chi connectivity index (χ1n) is 10.9. The molecule has 2 fully saturated rings. The summed E-state index contributed by atoms with van der Waals surface area (Å²) < 4.78 is 5.95. The van der Waals surface area contributed by atoms with Crippen LogP contribution in [0.5, 0.6) is 11.5 Å². The molecule has 0 saturated carbocycles. The fourth-order valence-corrected chi connectivity index (χ4v) is 4.09. The molecule has 7 nitrogen and oxygen atoms in total. The number of likely N-dealkylation sites (N-methyl/N-ethyl adjacent to an activating group) is 1. The number of hydrogen-bond donors (Lipinski definition) is 1. The normalized spacial score (nSPS) is 20.4. The Morgan fingerprint density at radius 2 is 1.74 bits per heavy atom. The number of benzene rings is 2. The van der Waals surface area contributed by atoms with E-state index in [0.717, 1.165) is 49.8 Å². The predicted octanol–water partition coefficient (Wildman–Crippen LogP) is 1.94. The van der Waals surface area contributed by atoms with E-state index in [2.05, 4.69) is 22.2 Å². The molecule has 2 aromatic carbocycles. The van der Waals surface area contributed by atoms with Crippen LogP contribution in [0.1, 0.15) is 12.0 Å². The van der Waals surface area contributed by atoms with E-state index in [1.807, 2.05) is 59.5 Å². The molecular formula is C24H30N4O3. The van der Waals surface area contributed by atoms with E-state index in [0.29, 0.717) is 13.1 Å². The van der Waals surface area contributed by atoms with Crippen molar-refractivity contribution in [2.75, 3.05) is 46.3 Å². The molecular weight excluding hydrogens is 392 g/mol.